The maximum atomic E-state index is 12.7. The molecule has 2 amide bonds. The molecule has 2 fully saturated rings. The molecule has 7 nitrogen and oxygen atoms in total. The molecular weight excluding hydrogens is 414 g/mol. The quantitative estimate of drug-likeness (QED) is 0.676. The standard InChI is InChI=1S/C23H37N3O4S/c1-5-17-16-19(10-11-21(17)30-20-8-6-7-9-20)24-22(27)26-14-12-18(13-15-26)25-31(28,29)23(2,3)4/h10-11,16,18,20,25H,5-9,12-15H2,1-4H3,(H,24,27). The van der Waals surface area contributed by atoms with Crippen LogP contribution in [0.15, 0.2) is 18.2 Å². The van der Waals surface area contributed by atoms with Gasteiger partial charge in [-0.3, -0.25) is 0 Å². The zero-order valence-corrected chi connectivity index (χ0v) is 20.1. The van der Waals surface area contributed by atoms with Gasteiger partial charge in [-0.25, -0.2) is 17.9 Å². The lowest BCUT2D eigenvalue weighted by atomic mass is 10.1. The van der Waals surface area contributed by atoms with Gasteiger partial charge in [-0.15, -0.1) is 0 Å². The lowest BCUT2D eigenvalue weighted by Gasteiger charge is -2.33. The van der Waals surface area contributed by atoms with E-state index < -0.39 is 14.8 Å². The Labute approximate surface area is 187 Å². The third kappa shape index (κ3) is 6.13. The predicted octanol–water partition coefficient (Wildman–Crippen LogP) is 4.28. The monoisotopic (exact) mass is 451 g/mol. The number of rotatable bonds is 6. The van der Waals surface area contributed by atoms with Gasteiger partial charge < -0.3 is 15.0 Å². The van der Waals surface area contributed by atoms with Crippen molar-refractivity contribution in [3.63, 3.8) is 0 Å². The highest BCUT2D eigenvalue weighted by Gasteiger charge is 2.33. The Balaban J connectivity index is 1.53. The van der Waals surface area contributed by atoms with Crippen LogP contribution in [0.2, 0.25) is 0 Å². The molecule has 2 aliphatic rings. The number of urea groups is 1. The highest BCUT2D eigenvalue weighted by Crippen LogP contribution is 2.29. The molecule has 1 aromatic rings. The molecule has 0 aromatic heterocycles. The number of hydrogen-bond donors (Lipinski definition) is 2. The fourth-order valence-corrected chi connectivity index (χ4v) is 5.06. The maximum Gasteiger partial charge on any atom is 0.321 e. The van der Waals surface area contributed by atoms with Crippen LogP contribution < -0.4 is 14.8 Å². The average Bonchev–Trinajstić information content (AvgIpc) is 3.21. The van der Waals surface area contributed by atoms with Crippen LogP contribution >= 0.6 is 0 Å². The highest BCUT2D eigenvalue weighted by molar-refractivity contribution is 7.90. The van der Waals surface area contributed by atoms with Crippen molar-refractivity contribution in [3.05, 3.63) is 23.8 Å². The Morgan fingerprint density at radius 2 is 1.77 bits per heavy atom. The first-order chi connectivity index (χ1) is 14.6. The van der Waals surface area contributed by atoms with Gasteiger partial charge in [0.25, 0.3) is 0 Å². The number of anilines is 1. The summed E-state index contributed by atoms with van der Waals surface area (Å²) in [7, 11) is -3.39. The number of amides is 2. The van der Waals surface area contributed by atoms with Crippen molar-refractivity contribution < 1.29 is 17.9 Å². The van der Waals surface area contributed by atoms with Gasteiger partial charge in [0, 0.05) is 24.8 Å². The number of piperidine rings is 1. The van der Waals surface area contributed by atoms with Crippen molar-refractivity contribution in [1.82, 2.24) is 9.62 Å². The molecule has 0 unspecified atom stereocenters. The van der Waals surface area contributed by atoms with Gasteiger partial charge in [-0.05, 0) is 89.5 Å². The minimum atomic E-state index is -3.39. The van der Waals surface area contributed by atoms with Crippen LogP contribution in [-0.2, 0) is 16.4 Å². The number of hydrogen-bond acceptors (Lipinski definition) is 4. The third-order valence-corrected chi connectivity index (χ3v) is 8.45. The van der Waals surface area contributed by atoms with Crippen molar-refractivity contribution in [1.29, 1.82) is 0 Å². The van der Waals surface area contributed by atoms with Crippen LogP contribution in [0, 0.1) is 0 Å². The van der Waals surface area contributed by atoms with Crippen LogP contribution in [0.5, 0.6) is 5.75 Å². The van der Waals surface area contributed by atoms with E-state index in [4.69, 9.17) is 4.74 Å². The molecule has 1 aliphatic carbocycles. The number of aryl methyl sites for hydroxylation is 1. The van der Waals surface area contributed by atoms with E-state index in [0.29, 0.717) is 32.0 Å². The molecule has 0 radical (unpaired) electrons. The number of nitrogens with zero attached hydrogens (tertiary/aromatic N) is 1. The van der Waals surface area contributed by atoms with Gasteiger partial charge in [0.05, 0.1) is 10.9 Å². The van der Waals surface area contributed by atoms with Gasteiger partial charge in [0.15, 0.2) is 0 Å². The second kappa shape index (κ2) is 9.77. The summed E-state index contributed by atoms with van der Waals surface area (Å²) in [5, 5.41) is 2.99. The topological polar surface area (TPSA) is 87.7 Å². The third-order valence-electron chi connectivity index (χ3n) is 6.20. The number of ether oxygens (including phenoxy) is 1. The zero-order valence-electron chi connectivity index (χ0n) is 19.2. The van der Waals surface area contributed by atoms with E-state index in [9.17, 15) is 13.2 Å². The second-order valence-corrected chi connectivity index (χ2v) is 12.1. The summed E-state index contributed by atoms with van der Waals surface area (Å²) in [6.45, 7) is 8.19. The summed E-state index contributed by atoms with van der Waals surface area (Å²) in [5.41, 5.74) is 1.86. The Kier molecular flexibility index (Phi) is 7.52. The molecule has 1 saturated heterocycles. The molecule has 3 rings (SSSR count). The van der Waals surface area contributed by atoms with E-state index in [-0.39, 0.29) is 12.1 Å². The van der Waals surface area contributed by atoms with Gasteiger partial charge in [0.2, 0.25) is 10.0 Å². The number of likely N-dealkylation sites (tertiary alicyclic amines) is 1. The fourth-order valence-electron chi connectivity index (χ4n) is 4.03. The summed E-state index contributed by atoms with van der Waals surface area (Å²) in [6, 6.07) is 5.56. The number of carbonyl (C=O) groups excluding carboxylic acids is 1. The summed E-state index contributed by atoms with van der Waals surface area (Å²) in [5.74, 6) is 0.916. The van der Waals surface area contributed by atoms with Crippen LogP contribution in [0.3, 0.4) is 0 Å². The molecule has 0 atom stereocenters. The largest absolute Gasteiger partial charge is 0.490 e. The Morgan fingerprint density at radius 1 is 1.13 bits per heavy atom. The van der Waals surface area contributed by atoms with Gasteiger partial charge in [-0.2, -0.15) is 0 Å². The number of benzene rings is 1. The van der Waals surface area contributed by atoms with E-state index in [1.165, 1.54) is 12.8 Å². The highest BCUT2D eigenvalue weighted by atomic mass is 32.2. The van der Waals surface area contributed by atoms with Crippen LogP contribution in [0.1, 0.15) is 71.8 Å². The zero-order chi connectivity index (χ0) is 22.6. The van der Waals surface area contributed by atoms with E-state index >= 15 is 0 Å². The number of sulfonamides is 1. The second-order valence-electron chi connectivity index (χ2n) is 9.63. The smallest absolute Gasteiger partial charge is 0.321 e. The lowest BCUT2D eigenvalue weighted by molar-refractivity contribution is 0.193. The van der Waals surface area contributed by atoms with Crippen molar-refractivity contribution in [2.75, 3.05) is 18.4 Å². The number of nitrogens with one attached hydrogen (secondary N) is 2. The Bertz CT molecular complexity index is 865. The van der Waals surface area contributed by atoms with Gasteiger partial charge in [-0.1, -0.05) is 6.92 Å². The van der Waals surface area contributed by atoms with Gasteiger partial charge >= 0.3 is 6.03 Å². The van der Waals surface area contributed by atoms with Crippen LogP contribution in [-0.4, -0.2) is 49.3 Å². The van der Waals surface area contributed by atoms with Crippen molar-refractivity contribution in [3.8, 4) is 5.75 Å². The molecule has 0 spiro atoms. The van der Waals surface area contributed by atoms with Crippen LogP contribution in [0.4, 0.5) is 10.5 Å². The average molecular weight is 452 g/mol. The molecule has 8 heteroatoms. The molecule has 1 aliphatic heterocycles. The molecule has 1 heterocycles. The lowest BCUT2D eigenvalue weighted by Crippen LogP contribution is -2.50. The van der Waals surface area contributed by atoms with Crippen molar-refractivity contribution >= 4 is 21.7 Å². The molecule has 0 bridgehead atoms. The van der Waals surface area contributed by atoms with E-state index in [2.05, 4.69) is 17.0 Å². The first-order valence-electron chi connectivity index (χ1n) is 11.5. The first kappa shape index (κ1) is 23.9. The summed E-state index contributed by atoms with van der Waals surface area (Å²) < 4.78 is 32.8. The molecule has 1 saturated carbocycles. The van der Waals surface area contributed by atoms with E-state index in [1.54, 1.807) is 25.7 Å². The minimum Gasteiger partial charge on any atom is -0.490 e. The molecule has 174 valence electrons. The Hall–Kier alpha value is -1.80. The van der Waals surface area contributed by atoms with Crippen LogP contribution in [0.25, 0.3) is 0 Å². The predicted molar refractivity (Wildman–Crippen MR) is 124 cm³/mol. The SMILES string of the molecule is CCc1cc(NC(=O)N2CCC(NS(=O)(=O)C(C)(C)C)CC2)ccc1OC1CCCC1. The minimum absolute atomic E-state index is 0.132. The summed E-state index contributed by atoms with van der Waals surface area (Å²) in [4.78, 5) is 14.5. The summed E-state index contributed by atoms with van der Waals surface area (Å²) in [6.07, 6.45) is 7.05. The molecular formula is C23H37N3O4S. The Morgan fingerprint density at radius 3 is 2.35 bits per heavy atom. The normalized spacial score (nSPS) is 18.9. The molecule has 31 heavy (non-hydrogen) atoms. The summed E-state index contributed by atoms with van der Waals surface area (Å²) >= 11 is 0. The molecule has 2 N–H and O–H groups in total. The van der Waals surface area contributed by atoms with Crippen molar-refractivity contribution in [2.24, 2.45) is 0 Å². The van der Waals surface area contributed by atoms with Gasteiger partial charge in [0.1, 0.15) is 5.75 Å². The molecule has 1 aromatic carbocycles. The van der Waals surface area contributed by atoms with Crippen molar-refractivity contribution in [2.45, 2.75) is 89.5 Å². The fraction of sp³-hybridized carbons (Fsp3) is 0.696. The first-order valence-corrected chi connectivity index (χ1v) is 12.9. The maximum absolute atomic E-state index is 12.7. The van der Waals surface area contributed by atoms with E-state index in [0.717, 1.165) is 36.3 Å². The van der Waals surface area contributed by atoms with E-state index in [1.807, 2.05) is 18.2 Å². The number of carbonyl (C=O) groups is 1.